The van der Waals surface area contributed by atoms with E-state index in [-0.39, 0.29) is 0 Å². The molecular weight excluding hydrogens is 270 g/mol. The number of ether oxygens (including phenoxy) is 1. The first-order valence-electron chi connectivity index (χ1n) is 7.34. The van der Waals surface area contributed by atoms with Gasteiger partial charge >= 0.3 is 0 Å². The highest BCUT2D eigenvalue weighted by Gasteiger charge is 2.03. The Balaban J connectivity index is 1.63. The topological polar surface area (TPSA) is 22.1 Å². The van der Waals surface area contributed by atoms with Gasteiger partial charge in [0.2, 0.25) is 0 Å². The Labute approximate surface area is 129 Å². The van der Waals surface area contributed by atoms with Crippen LogP contribution in [0.4, 0.5) is 0 Å². The van der Waals surface area contributed by atoms with E-state index in [1.165, 1.54) is 10.8 Å². The molecule has 0 radical (unpaired) electrons. The van der Waals surface area contributed by atoms with E-state index in [9.17, 15) is 0 Å². The Morgan fingerprint density at radius 1 is 0.727 bits per heavy atom. The molecule has 0 fully saturated rings. The summed E-state index contributed by atoms with van der Waals surface area (Å²) in [6.45, 7) is 0.542. The van der Waals surface area contributed by atoms with Crippen molar-refractivity contribution >= 4 is 21.7 Å². The first kappa shape index (κ1) is 12.8. The van der Waals surface area contributed by atoms with Crippen LogP contribution in [0.2, 0.25) is 0 Å². The molecule has 0 saturated carbocycles. The predicted octanol–water partition coefficient (Wildman–Crippen LogP) is 4.97. The highest BCUT2D eigenvalue weighted by atomic mass is 16.5. The molecule has 0 saturated heterocycles. The molecular formula is C20H15NO. The molecule has 0 unspecified atom stereocenters. The highest BCUT2D eigenvalue weighted by Crippen LogP contribution is 2.24. The second kappa shape index (κ2) is 5.49. The molecule has 2 nitrogen and oxygen atoms in total. The quantitative estimate of drug-likeness (QED) is 0.530. The largest absolute Gasteiger partial charge is 0.487 e. The average Bonchev–Trinajstić information content (AvgIpc) is 2.60. The van der Waals surface area contributed by atoms with Crippen molar-refractivity contribution < 1.29 is 4.74 Å². The number of rotatable bonds is 3. The SMILES string of the molecule is c1ccc2cc(COc3cccc4cccnc34)ccc2c1. The van der Waals surface area contributed by atoms with Crippen LogP contribution in [0, 0.1) is 0 Å². The number of hydrogen-bond donors (Lipinski definition) is 0. The van der Waals surface area contributed by atoms with Crippen LogP contribution in [-0.2, 0) is 6.61 Å². The molecule has 0 aliphatic rings. The second-order valence-electron chi connectivity index (χ2n) is 5.30. The summed E-state index contributed by atoms with van der Waals surface area (Å²) < 4.78 is 5.99. The van der Waals surface area contributed by atoms with E-state index < -0.39 is 0 Å². The van der Waals surface area contributed by atoms with Crippen LogP contribution in [0.15, 0.2) is 79.0 Å². The van der Waals surface area contributed by atoms with Crippen molar-refractivity contribution in [3.8, 4) is 5.75 Å². The maximum absolute atomic E-state index is 5.99. The Morgan fingerprint density at radius 3 is 2.50 bits per heavy atom. The molecule has 4 rings (SSSR count). The fourth-order valence-electron chi connectivity index (χ4n) is 2.68. The van der Waals surface area contributed by atoms with E-state index in [2.05, 4.69) is 47.4 Å². The van der Waals surface area contributed by atoms with Crippen molar-refractivity contribution in [2.45, 2.75) is 6.61 Å². The number of fused-ring (bicyclic) bond motifs is 2. The van der Waals surface area contributed by atoms with Crippen molar-refractivity contribution in [3.63, 3.8) is 0 Å². The van der Waals surface area contributed by atoms with E-state index in [1.807, 2.05) is 30.3 Å². The Hall–Kier alpha value is -2.87. The van der Waals surface area contributed by atoms with Gasteiger partial charge in [-0.2, -0.15) is 0 Å². The fourth-order valence-corrected chi connectivity index (χ4v) is 2.68. The lowest BCUT2D eigenvalue weighted by atomic mass is 10.1. The zero-order valence-corrected chi connectivity index (χ0v) is 12.1. The van der Waals surface area contributed by atoms with Crippen LogP contribution in [0.1, 0.15) is 5.56 Å². The summed E-state index contributed by atoms with van der Waals surface area (Å²) >= 11 is 0. The molecule has 22 heavy (non-hydrogen) atoms. The minimum atomic E-state index is 0.542. The number of pyridine rings is 1. The number of benzene rings is 3. The zero-order chi connectivity index (χ0) is 14.8. The molecule has 0 aliphatic heterocycles. The van der Waals surface area contributed by atoms with Gasteiger partial charge in [0.15, 0.2) is 0 Å². The second-order valence-corrected chi connectivity index (χ2v) is 5.30. The van der Waals surface area contributed by atoms with Gasteiger partial charge in [0.1, 0.15) is 17.9 Å². The molecule has 0 atom stereocenters. The molecule has 106 valence electrons. The van der Waals surface area contributed by atoms with Gasteiger partial charge in [-0.15, -0.1) is 0 Å². The third-order valence-electron chi connectivity index (χ3n) is 3.80. The van der Waals surface area contributed by atoms with E-state index in [0.29, 0.717) is 6.61 Å². The Kier molecular flexibility index (Phi) is 3.20. The minimum Gasteiger partial charge on any atom is -0.487 e. The summed E-state index contributed by atoms with van der Waals surface area (Å²) in [6.07, 6.45) is 1.80. The van der Waals surface area contributed by atoms with Crippen LogP contribution >= 0.6 is 0 Å². The van der Waals surface area contributed by atoms with E-state index in [1.54, 1.807) is 6.20 Å². The summed E-state index contributed by atoms with van der Waals surface area (Å²) in [6, 6.07) is 24.8. The van der Waals surface area contributed by atoms with E-state index >= 15 is 0 Å². The van der Waals surface area contributed by atoms with Crippen molar-refractivity contribution in [2.75, 3.05) is 0 Å². The molecule has 0 amide bonds. The van der Waals surface area contributed by atoms with Crippen LogP contribution in [-0.4, -0.2) is 4.98 Å². The minimum absolute atomic E-state index is 0.542. The molecule has 1 heterocycles. The first-order valence-corrected chi connectivity index (χ1v) is 7.34. The van der Waals surface area contributed by atoms with Gasteiger partial charge in [-0.3, -0.25) is 4.98 Å². The molecule has 0 spiro atoms. The van der Waals surface area contributed by atoms with Crippen LogP contribution in [0.5, 0.6) is 5.75 Å². The third-order valence-corrected chi connectivity index (χ3v) is 3.80. The zero-order valence-electron chi connectivity index (χ0n) is 12.1. The van der Waals surface area contributed by atoms with Gasteiger partial charge < -0.3 is 4.74 Å². The standard InChI is InChI=1S/C20H15NO/c1-2-6-18-13-15(10-11-16(18)5-1)14-22-19-9-3-7-17-8-4-12-21-20(17)19/h1-13H,14H2. The Bertz CT molecular complexity index is 941. The van der Waals surface area contributed by atoms with E-state index in [4.69, 9.17) is 4.74 Å². The van der Waals surface area contributed by atoms with Gasteiger partial charge in [0.05, 0.1) is 0 Å². The molecule has 1 aromatic heterocycles. The van der Waals surface area contributed by atoms with Crippen LogP contribution in [0.25, 0.3) is 21.7 Å². The van der Waals surface area contributed by atoms with Crippen molar-refractivity contribution in [1.29, 1.82) is 0 Å². The molecule has 4 aromatic rings. The lowest BCUT2D eigenvalue weighted by Gasteiger charge is -2.09. The fraction of sp³-hybridized carbons (Fsp3) is 0.0500. The first-order chi connectivity index (χ1) is 10.9. The summed E-state index contributed by atoms with van der Waals surface area (Å²) in [5, 5.41) is 3.58. The van der Waals surface area contributed by atoms with Crippen molar-refractivity contribution in [3.05, 3.63) is 84.6 Å². The number of hydrogen-bond acceptors (Lipinski definition) is 2. The van der Waals surface area contributed by atoms with Gasteiger partial charge in [-0.1, -0.05) is 54.6 Å². The maximum atomic E-state index is 5.99. The lowest BCUT2D eigenvalue weighted by molar-refractivity contribution is 0.309. The number of nitrogens with zero attached hydrogens (tertiary/aromatic N) is 1. The summed E-state index contributed by atoms with van der Waals surface area (Å²) in [5.74, 6) is 0.825. The van der Waals surface area contributed by atoms with Crippen molar-refractivity contribution in [1.82, 2.24) is 4.98 Å². The van der Waals surface area contributed by atoms with Crippen molar-refractivity contribution in [2.24, 2.45) is 0 Å². The number of para-hydroxylation sites is 1. The van der Waals surface area contributed by atoms with Gasteiger partial charge in [0.25, 0.3) is 0 Å². The van der Waals surface area contributed by atoms with Gasteiger partial charge in [-0.05, 0) is 34.5 Å². The summed E-state index contributed by atoms with van der Waals surface area (Å²) in [4.78, 5) is 4.42. The summed E-state index contributed by atoms with van der Waals surface area (Å²) in [7, 11) is 0. The summed E-state index contributed by atoms with van der Waals surface area (Å²) in [5.41, 5.74) is 2.07. The van der Waals surface area contributed by atoms with Crippen LogP contribution in [0.3, 0.4) is 0 Å². The molecule has 0 bridgehead atoms. The normalized spacial score (nSPS) is 10.9. The smallest absolute Gasteiger partial charge is 0.146 e. The molecule has 3 aromatic carbocycles. The monoisotopic (exact) mass is 285 g/mol. The third kappa shape index (κ3) is 2.40. The molecule has 0 N–H and O–H groups in total. The molecule has 2 heteroatoms. The van der Waals surface area contributed by atoms with E-state index in [0.717, 1.165) is 22.2 Å². The van der Waals surface area contributed by atoms with Gasteiger partial charge in [-0.25, -0.2) is 0 Å². The van der Waals surface area contributed by atoms with Crippen LogP contribution < -0.4 is 4.74 Å². The van der Waals surface area contributed by atoms with Gasteiger partial charge in [0, 0.05) is 11.6 Å². The lowest BCUT2D eigenvalue weighted by Crippen LogP contribution is -1.96. The number of aromatic nitrogens is 1. The average molecular weight is 285 g/mol. The highest BCUT2D eigenvalue weighted by molar-refractivity contribution is 5.84. The Morgan fingerprint density at radius 2 is 1.55 bits per heavy atom. The maximum Gasteiger partial charge on any atom is 0.146 e. The predicted molar refractivity (Wildman–Crippen MR) is 90.0 cm³/mol. The molecule has 0 aliphatic carbocycles.